The van der Waals surface area contributed by atoms with E-state index in [0.717, 1.165) is 22.5 Å². The highest BCUT2D eigenvalue weighted by atomic mass is 16.5. The van der Waals surface area contributed by atoms with E-state index in [1.54, 1.807) is 16.8 Å². The highest BCUT2D eigenvalue weighted by molar-refractivity contribution is 6.05. The van der Waals surface area contributed by atoms with Gasteiger partial charge >= 0.3 is 12.1 Å². The number of benzene rings is 2. The van der Waals surface area contributed by atoms with E-state index < -0.39 is 12.1 Å². The van der Waals surface area contributed by atoms with Crippen LogP contribution in [0.2, 0.25) is 0 Å². The fraction of sp³-hybridized carbons (Fsp3) is 0.345. The first-order valence-electron chi connectivity index (χ1n) is 13.6. The molecule has 1 aliphatic rings. The largest absolute Gasteiger partial charge is 0.478 e. The van der Waals surface area contributed by atoms with Crippen molar-refractivity contribution in [2.75, 3.05) is 30.4 Å². The number of carbonyl (C=O) groups excluding carboxylic acids is 2. The van der Waals surface area contributed by atoms with Gasteiger partial charge in [0.1, 0.15) is 12.3 Å². The first-order valence-corrected chi connectivity index (χ1v) is 13.6. The van der Waals surface area contributed by atoms with Crippen molar-refractivity contribution < 1.29 is 24.2 Å². The molecule has 41 heavy (non-hydrogen) atoms. The normalized spacial score (nSPS) is 14.2. The van der Waals surface area contributed by atoms with Crippen molar-refractivity contribution in [2.24, 2.45) is 0 Å². The lowest BCUT2D eigenvalue weighted by Gasteiger charge is -2.34. The molecule has 1 aliphatic heterocycles. The molecule has 0 unspecified atom stereocenters. The summed E-state index contributed by atoms with van der Waals surface area (Å²) in [7, 11) is 1.91. The molecule has 214 valence electrons. The summed E-state index contributed by atoms with van der Waals surface area (Å²) >= 11 is 0. The quantitative estimate of drug-likeness (QED) is 0.245. The minimum absolute atomic E-state index is 0.0940. The van der Waals surface area contributed by atoms with Gasteiger partial charge in [0.05, 0.1) is 34.0 Å². The molecular weight excluding hydrogens is 526 g/mol. The molecule has 12 nitrogen and oxygen atoms in total. The van der Waals surface area contributed by atoms with Crippen LogP contribution in [0.1, 0.15) is 57.9 Å². The summed E-state index contributed by atoms with van der Waals surface area (Å²) < 4.78 is 8.90. The standard InChI is InChI=1S/C29H33N7O5/c1-4-35-24(13-18(2)33-35)26(37)32-28-31-22-14-20(27(38)39)15-23-25(22)36(28)21(16-34(23)3)11-8-12-30-29(40)41-17-19-9-6-5-7-10-19/h5-7,9-10,13-15,21H,4,8,11-12,16-17H2,1-3H3,(H,30,40)(H,38,39)(H,31,32,37)/t21-/m0/s1. The van der Waals surface area contributed by atoms with Gasteiger partial charge in [-0.1, -0.05) is 30.3 Å². The molecule has 5 rings (SSSR count). The monoisotopic (exact) mass is 559 g/mol. The number of likely N-dealkylation sites (N-methyl/N-ethyl adjacent to an activating group) is 1. The maximum absolute atomic E-state index is 13.3. The van der Waals surface area contributed by atoms with Crippen molar-refractivity contribution in [3.63, 3.8) is 0 Å². The lowest BCUT2D eigenvalue weighted by molar-refractivity contribution is 0.0696. The number of ether oxygens (including phenoxy) is 1. The van der Waals surface area contributed by atoms with E-state index in [1.807, 2.05) is 60.7 Å². The number of rotatable bonds is 10. The molecule has 2 amide bonds. The number of aromatic carboxylic acids is 1. The van der Waals surface area contributed by atoms with Gasteiger partial charge in [-0.3, -0.25) is 14.8 Å². The second-order valence-electron chi connectivity index (χ2n) is 10.1. The number of nitrogens with zero attached hydrogens (tertiary/aromatic N) is 5. The Hall–Kier alpha value is -4.87. The number of aromatic nitrogens is 4. The molecule has 0 saturated carbocycles. The Morgan fingerprint density at radius 1 is 1.15 bits per heavy atom. The van der Waals surface area contributed by atoms with Crippen molar-refractivity contribution in [1.82, 2.24) is 24.6 Å². The van der Waals surface area contributed by atoms with Crippen LogP contribution in [0.5, 0.6) is 0 Å². The Bertz CT molecular complexity index is 1590. The van der Waals surface area contributed by atoms with E-state index in [4.69, 9.17) is 4.74 Å². The second kappa shape index (κ2) is 11.7. The maximum atomic E-state index is 13.3. The fourth-order valence-electron chi connectivity index (χ4n) is 5.22. The van der Waals surface area contributed by atoms with Gasteiger partial charge < -0.3 is 24.6 Å². The number of carboxylic acids is 1. The summed E-state index contributed by atoms with van der Waals surface area (Å²) in [5.41, 5.74) is 4.13. The van der Waals surface area contributed by atoms with E-state index in [9.17, 15) is 19.5 Å². The highest BCUT2D eigenvalue weighted by Gasteiger charge is 2.30. The Kier molecular flexibility index (Phi) is 7.90. The number of hydrogen-bond acceptors (Lipinski definition) is 7. The number of hydrogen-bond donors (Lipinski definition) is 3. The molecule has 0 spiro atoms. The van der Waals surface area contributed by atoms with Crippen LogP contribution < -0.4 is 15.5 Å². The zero-order valence-electron chi connectivity index (χ0n) is 23.3. The summed E-state index contributed by atoms with van der Waals surface area (Å²) in [6.07, 6.45) is 0.835. The smallest absolute Gasteiger partial charge is 0.407 e. The van der Waals surface area contributed by atoms with Crippen LogP contribution in [0.4, 0.5) is 16.4 Å². The number of imidazole rings is 1. The number of amides is 2. The van der Waals surface area contributed by atoms with Crippen LogP contribution in [0.3, 0.4) is 0 Å². The lowest BCUT2D eigenvalue weighted by Crippen LogP contribution is -2.34. The van der Waals surface area contributed by atoms with Gasteiger partial charge in [-0.2, -0.15) is 5.10 Å². The summed E-state index contributed by atoms with van der Waals surface area (Å²) in [5.74, 6) is -1.06. The Morgan fingerprint density at radius 2 is 1.93 bits per heavy atom. The molecule has 12 heteroatoms. The van der Waals surface area contributed by atoms with Gasteiger partial charge in [0.2, 0.25) is 5.95 Å². The summed E-state index contributed by atoms with van der Waals surface area (Å²) in [6.45, 7) is 5.44. The second-order valence-corrected chi connectivity index (χ2v) is 10.1. The zero-order valence-corrected chi connectivity index (χ0v) is 23.3. The molecule has 0 fully saturated rings. The third-order valence-electron chi connectivity index (χ3n) is 7.13. The van der Waals surface area contributed by atoms with Crippen LogP contribution in [0, 0.1) is 6.92 Å². The average molecular weight is 560 g/mol. The van der Waals surface area contributed by atoms with Gasteiger partial charge in [0.25, 0.3) is 5.91 Å². The van der Waals surface area contributed by atoms with E-state index >= 15 is 0 Å². The van der Waals surface area contributed by atoms with Gasteiger partial charge in [0.15, 0.2) is 0 Å². The predicted octanol–water partition coefficient (Wildman–Crippen LogP) is 4.21. The highest BCUT2D eigenvalue weighted by Crippen LogP contribution is 2.39. The molecule has 0 saturated heterocycles. The summed E-state index contributed by atoms with van der Waals surface area (Å²) in [6, 6.07) is 14.2. The first kappa shape index (κ1) is 27.7. The van der Waals surface area contributed by atoms with Crippen molar-refractivity contribution in [1.29, 1.82) is 0 Å². The van der Waals surface area contributed by atoms with Gasteiger partial charge in [-0.15, -0.1) is 0 Å². The molecule has 2 aromatic heterocycles. The van der Waals surface area contributed by atoms with E-state index in [2.05, 4.69) is 20.7 Å². The van der Waals surface area contributed by atoms with Crippen molar-refractivity contribution in [2.45, 2.75) is 45.9 Å². The van der Waals surface area contributed by atoms with Gasteiger partial charge in [-0.05, 0) is 50.5 Å². The first-order chi connectivity index (χ1) is 19.7. The molecule has 0 bridgehead atoms. The van der Waals surface area contributed by atoms with Crippen molar-refractivity contribution in [3.8, 4) is 0 Å². The van der Waals surface area contributed by atoms with Crippen molar-refractivity contribution in [3.05, 3.63) is 71.0 Å². The average Bonchev–Trinajstić information content (AvgIpc) is 3.52. The van der Waals surface area contributed by atoms with E-state index in [0.29, 0.717) is 49.6 Å². The van der Waals surface area contributed by atoms with Gasteiger partial charge in [0, 0.05) is 26.7 Å². The van der Waals surface area contributed by atoms with Crippen LogP contribution >= 0.6 is 0 Å². The Morgan fingerprint density at radius 3 is 2.66 bits per heavy atom. The molecule has 0 radical (unpaired) electrons. The summed E-state index contributed by atoms with van der Waals surface area (Å²) in [4.78, 5) is 44.0. The Labute approximate surface area is 236 Å². The SMILES string of the molecule is CCn1nc(C)cc1C(=O)Nc1nc2cc(C(=O)O)cc3c2n1[C@@H](CCCNC(=O)OCc1ccccc1)CN3C. The van der Waals surface area contributed by atoms with Crippen molar-refractivity contribution >= 4 is 40.6 Å². The molecule has 0 aliphatic carbocycles. The molecule has 4 aromatic rings. The summed E-state index contributed by atoms with van der Waals surface area (Å²) in [5, 5.41) is 19.8. The third-order valence-corrected chi connectivity index (χ3v) is 7.13. The number of nitrogens with one attached hydrogen (secondary N) is 2. The van der Waals surface area contributed by atoms with Gasteiger partial charge in [-0.25, -0.2) is 14.6 Å². The number of anilines is 2. The van der Waals surface area contributed by atoms with Crippen LogP contribution in [-0.4, -0.2) is 62.5 Å². The lowest BCUT2D eigenvalue weighted by atomic mass is 10.0. The fourth-order valence-corrected chi connectivity index (χ4v) is 5.22. The van der Waals surface area contributed by atoms with E-state index in [1.165, 1.54) is 6.07 Å². The molecule has 2 aromatic carbocycles. The topological polar surface area (TPSA) is 144 Å². The third kappa shape index (κ3) is 5.86. The maximum Gasteiger partial charge on any atom is 0.407 e. The van der Waals surface area contributed by atoms with Crippen LogP contribution in [0.25, 0.3) is 11.0 Å². The zero-order chi connectivity index (χ0) is 29.1. The number of carbonyl (C=O) groups is 3. The number of alkyl carbamates (subject to hydrolysis) is 1. The molecule has 3 N–H and O–H groups in total. The predicted molar refractivity (Wildman–Crippen MR) is 153 cm³/mol. The minimum atomic E-state index is -1.05. The number of carboxylic acid groups (broad SMARTS) is 1. The number of aryl methyl sites for hydroxylation is 2. The van der Waals surface area contributed by atoms with E-state index in [-0.39, 0.29) is 24.1 Å². The minimum Gasteiger partial charge on any atom is -0.478 e. The molecule has 3 heterocycles. The molecule has 1 atom stereocenters. The molecular formula is C29H33N7O5. The Balaban J connectivity index is 1.35. The van der Waals surface area contributed by atoms with Crippen LogP contribution in [-0.2, 0) is 17.9 Å². The van der Waals surface area contributed by atoms with Crippen LogP contribution in [0.15, 0.2) is 48.5 Å².